The van der Waals surface area contributed by atoms with Crippen LogP contribution in [-0.4, -0.2) is 36.9 Å². The summed E-state index contributed by atoms with van der Waals surface area (Å²) in [5, 5.41) is 13.3. The molecule has 0 aromatic heterocycles. The quantitative estimate of drug-likeness (QED) is 0.631. The van der Waals surface area contributed by atoms with Gasteiger partial charge in [-0.25, -0.2) is 0 Å². The number of ether oxygens (including phenoxy) is 1. The highest BCUT2D eigenvalue weighted by Gasteiger charge is 2.12. The van der Waals surface area contributed by atoms with Gasteiger partial charge in [-0.1, -0.05) is 17.7 Å². The van der Waals surface area contributed by atoms with E-state index in [1.165, 1.54) is 0 Å². The normalized spacial score (nSPS) is 13.2. The summed E-state index contributed by atoms with van der Waals surface area (Å²) in [6, 6.07) is 11.1. The Morgan fingerprint density at radius 3 is 2.71 bits per heavy atom. The number of aliphatic imine (C=N–C) groups is 1. The lowest BCUT2D eigenvalue weighted by Gasteiger charge is -2.09. The van der Waals surface area contributed by atoms with E-state index in [1.54, 1.807) is 25.3 Å². The van der Waals surface area contributed by atoms with Gasteiger partial charge in [-0.05, 0) is 59.9 Å². The Bertz CT molecular complexity index is 858. The van der Waals surface area contributed by atoms with Gasteiger partial charge in [-0.2, -0.15) is 0 Å². The molecule has 0 fully saturated rings. The molecule has 3 rings (SSSR count). The SMILES string of the molecule is COc1cc(CO)cc(CCC(=O)c2ccc(Cl)c(CCC3=NCCN3)c2)c1. The number of halogens is 1. The second kappa shape index (κ2) is 9.71. The smallest absolute Gasteiger partial charge is 0.163 e. The van der Waals surface area contributed by atoms with Crippen molar-refractivity contribution in [3.05, 3.63) is 63.7 Å². The third-order valence-corrected chi connectivity index (χ3v) is 5.20. The van der Waals surface area contributed by atoms with Crippen molar-refractivity contribution in [2.24, 2.45) is 4.99 Å². The van der Waals surface area contributed by atoms with E-state index in [0.717, 1.165) is 48.5 Å². The number of carbonyl (C=O) groups is 1. The second-order valence-electron chi connectivity index (χ2n) is 6.83. The van der Waals surface area contributed by atoms with E-state index in [2.05, 4.69) is 10.3 Å². The average molecular weight is 401 g/mol. The molecule has 2 aromatic carbocycles. The molecule has 148 valence electrons. The van der Waals surface area contributed by atoms with Crippen LogP contribution in [0, 0.1) is 0 Å². The molecule has 2 aromatic rings. The van der Waals surface area contributed by atoms with E-state index >= 15 is 0 Å². The summed E-state index contributed by atoms with van der Waals surface area (Å²) in [6.45, 7) is 1.66. The van der Waals surface area contributed by atoms with Gasteiger partial charge in [0.25, 0.3) is 0 Å². The summed E-state index contributed by atoms with van der Waals surface area (Å²) in [5.41, 5.74) is 3.38. The van der Waals surface area contributed by atoms with Crippen LogP contribution in [0.5, 0.6) is 5.75 Å². The maximum absolute atomic E-state index is 12.7. The number of benzene rings is 2. The average Bonchev–Trinajstić information content (AvgIpc) is 3.24. The van der Waals surface area contributed by atoms with Crippen molar-refractivity contribution < 1.29 is 14.6 Å². The monoisotopic (exact) mass is 400 g/mol. The van der Waals surface area contributed by atoms with Gasteiger partial charge in [-0.15, -0.1) is 0 Å². The van der Waals surface area contributed by atoms with Crippen LogP contribution in [0.1, 0.15) is 39.9 Å². The van der Waals surface area contributed by atoms with Crippen LogP contribution >= 0.6 is 11.6 Å². The fourth-order valence-electron chi connectivity index (χ4n) is 3.29. The van der Waals surface area contributed by atoms with Crippen molar-refractivity contribution in [2.75, 3.05) is 20.2 Å². The molecule has 1 aliphatic heterocycles. The van der Waals surface area contributed by atoms with E-state index in [-0.39, 0.29) is 12.4 Å². The van der Waals surface area contributed by atoms with E-state index in [4.69, 9.17) is 16.3 Å². The minimum atomic E-state index is -0.0567. The summed E-state index contributed by atoms with van der Waals surface area (Å²) >= 11 is 6.32. The molecule has 1 aliphatic rings. The molecule has 28 heavy (non-hydrogen) atoms. The highest BCUT2D eigenvalue weighted by Crippen LogP contribution is 2.22. The Labute approximate surface area is 170 Å². The van der Waals surface area contributed by atoms with E-state index in [9.17, 15) is 9.90 Å². The number of hydrogen-bond donors (Lipinski definition) is 2. The van der Waals surface area contributed by atoms with Gasteiger partial charge in [-0.3, -0.25) is 9.79 Å². The highest BCUT2D eigenvalue weighted by atomic mass is 35.5. The summed E-state index contributed by atoms with van der Waals surface area (Å²) in [6.07, 6.45) is 2.52. The Morgan fingerprint density at radius 2 is 2.00 bits per heavy atom. The van der Waals surface area contributed by atoms with Crippen LogP contribution in [-0.2, 0) is 19.4 Å². The molecular weight excluding hydrogens is 376 g/mol. The number of nitrogens with one attached hydrogen (secondary N) is 1. The van der Waals surface area contributed by atoms with Crippen LogP contribution in [0.4, 0.5) is 0 Å². The van der Waals surface area contributed by atoms with Crippen LogP contribution < -0.4 is 10.1 Å². The molecular formula is C22H25ClN2O3. The maximum Gasteiger partial charge on any atom is 0.163 e. The standard InChI is InChI=1S/C22H25ClN2O3/c1-28-19-11-15(10-16(12-19)14-26)2-6-21(27)18-3-5-20(23)17(13-18)4-7-22-24-8-9-25-22/h3,5,10-13,26H,2,4,6-9,14H2,1H3,(H,24,25). The number of nitrogens with zero attached hydrogens (tertiary/aromatic N) is 1. The summed E-state index contributed by atoms with van der Waals surface area (Å²) in [5.74, 6) is 1.76. The third kappa shape index (κ3) is 5.33. The Morgan fingerprint density at radius 1 is 1.18 bits per heavy atom. The molecule has 0 saturated heterocycles. The van der Waals surface area contributed by atoms with Crippen molar-refractivity contribution in [1.29, 1.82) is 0 Å². The molecule has 1 heterocycles. The number of carbonyl (C=O) groups excluding carboxylic acids is 1. The van der Waals surface area contributed by atoms with Crippen molar-refractivity contribution in [1.82, 2.24) is 5.32 Å². The fraction of sp³-hybridized carbons (Fsp3) is 0.364. The van der Waals surface area contributed by atoms with E-state index < -0.39 is 0 Å². The van der Waals surface area contributed by atoms with Crippen molar-refractivity contribution in [2.45, 2.75) is 32.3 Å². The number of hydrogen-bond acceptors (Lipinski definition) is 5. The Kier molecular flexibility index (Phi) is 7.06. The lowest BCUT2D eigenvalue weighted by atomic mass is 9.98. The van der Waals surface area contributed by atoms with Crippen LogP contribution in [0.25, 0.3) is 0 Å². The first kappa shape index (κ1) is 20.4. The van der Waals surface area contributed by atoms with Crippen LogP contribution in [0.3, 0.4) is 0 Å². The molecule has 0 bridgehead atoms. The van der Waals surface area contributed by atoms with Gasteiger partial charge in [0.1, 0.15) is 5.75 Å². The molecule has 6 heteroatoms. The first-order valence-corrected chi connectivity index (χ1v) is 9.83. The predicted molar refractivity (Wildman–Crippen MR) is 112 cm³/mol. The number of ketones is 1. The summed E-state index contributed by atoms with van der Waals surface area (Å²) in [4.78, 5) is 17.1. The molecule has 0 atom stereocenters. The largest absolute Gasteiger partial charge is 0.497 e. The molecule has 0 aliphatic carbocycles. The lowest BCUT2D eigenvalue weighted by molar-refractivity contribution is 0.0982. The van der Waals surface area contributed by atoms with Crippen molar-refractivity contribution in [3.63, 3.8) is 0 Å². The number of aliphatic hydroxyl groups excluding tert-OH is 1. The Hall–Kier alpha value is -2.37. The van der Waals surface area contributed by atoms with Gasteiger partial charge in [0.15, 0.2) is 5.78 Å². The molecule has 0 amide bonds. The van der Waals surface area contributed by atoms with E-state index in [0.29, 0.717) is 29.2 Å². The van der Waals surface area contributed by atoms with E-state index in [1.807, 2.05) is 18.2 Å². The molecule has 0 spiro atoms. The Balaban J connectivity index is 1.64. The zero-order valence-corrected chi connectivity index (χ0v) is 16.8. The minimum absolute atomic E-state index is 0.0567. The topological polar surface area (TPSA) is 70.9 Å². The van der Waals surface area contributed by atoms with Gasteiger partial charge >= 0.3 is 0 Å². The fourth-order valence-corrected chi connectivity index (χ4v) is 3.50. The molecule has 5 nitrogen and oxygen atoms in total. The molecule has 0 saturated carbocycles. The zero-order valence-electron chi connectivity index (χ0n) is 16.0. The predicted octanol–water partition coefficient (Wildman–Crippen LogP) is 3.59. The number of amidine groups is 1. The third-order valence-electron chi connectivity index (χ3n) is 4.83. The molecule has 0 unspecified atom stereocenters. The van der Waals surface area contributed by atoms with Gasteiger partial charge in [0.05, 0.1) is 26.1 Å². The van der Waals surface area contributed by atoms with Gasteiger partial charge < -0.3 is 15.2 Å². The lowest BCUT2D eigenvalue weighted by Crippen LogP contribution is -2.18. The van der Waals surface area contributed by atoms with Gasteiger partial charge in [0, 0.05) is 30.0 Å². The summed E-state index contributed by atoms with van der Waals surface area (Å²) < 4.78 is 5.26. The number of Topliss-reactive ketones (excluding diaryl/α,β-unsaturated/α-hetero) is 1. The first-order valence-electron chi connectivity index (χ1n) is 9.45. The second-order valence-corrected chi connectivity index (χ2v) is 7.24. The maximum atomic E-state index is 12.7. The van der Waals surface area contributed by atoms with Gasteiger partial charge in [0.2, 0.25) is 0 Å². The molecule has 2 N–H and O–H groups in total. The number of rotatable bonds is 9. The zero-order chi connectivity index (χ0) is 19.9. The van der Waals surface area contributed by atoms with Crippen LogP contribution in [0.2, 0.25) is 5.02 Å². The highest BCUT2D eigenvalue weighted by molar-refractivity contribution is 6.31. The van der Waals surface area contributed by atoms with Crippen LogP contribution in [0.15, 0.2) is 41.4 Å². The number of aliphatic hydroxyl groups is 1. The molecule has 0 radical (unpaired) electrons. The summed E-state index contributed by atoms with van der Waals surface area (Å²) in [7, 11) is 1.59. The van der Waals surface area contributed by atoms with Crippen molar-refractivity contribution >= 4 is 23.2 Å². The van der Waals surface area contributed by atoms with Crippen molar-refractivity contribution in [3.8, 4) is 5.75 Å². The number of aryl methyl sites for hydroxylation is 2. The number of methoxy groups -OCH3 is 1. The minimum Gasteiger partial charge on any atom is -0.497 e. The first-order chi connectivity index (χ1) is 13.6.